The third kappa shape index (κ3) is 4.65. The summed E-state index contributed by atoms with van der Waals surface area (Å²) in [6, 6.07) is 5.61. The molecular formula is C18H23N3O5S. The molecule has 1 aliphatic carbocycles. The minimum Gasteiger partial charge on any atom is -0.464 e. The SMILES string of the molecule is CC(C)[C@H](N=C1NS(=O)(=O)c2ccccc21)C(=O)NCC(=O)OCC1CC1. The van der Waals surface area contributed by atoms with E-state index in [9.17, 15) is 18.0 Å². The first-order valence-corrected chi connectivity index (χ1v) is 10.4. The van der Waals surface area contributed by atoms with Crippen molar-refractivity contribution in [3.8, 4) is 0 Å². The fraction of sp³-hybridized carbons (Fsp3) is 0.500. The predicted octanol–water partition coefficient (Wildman–Crippen LogP) is 0.819. The van der Waals surface area contributed by atoms with E-state index in [1.165, 1.54) is 6.07 Å². The minimum atomic E-state index is -3.67. The van der Waals surface area contributed by atoms with Gasteiger partial charge in [-0.25, -0.2) is 8.42 Å². The summed E-state index contributed by atoms with van der Waals surface area (Å²) in [5, 5.41) is 2.53. The number of aliphatic imine (C=N–C) groups is 1. The third-order valence-corrected chi connectivity index (χ3v) is 5.81. The summed E-state index contributed by atoms with van der Waals surface area (Å²) in [6.07, 6.45) is 2.15. The predicted molar refractivity (Wildman–Crippen MR) is 98.6 cm³/mol. The smallest absolute Gasteiger partial charge is 0.325 e. The number of nitrogens with zero attached hydrogens (tertiary/aromatic N) is 1. The molecule has 0 aromatic heterocycles. The van der Waals surface area contributed by atoms with Crippen LogP contribution in [0.3, 0.4) is 0 Å². The second kappa shape index (κ2) is 7.67. The van der Waals surface area contributed by atoms with Crippen LogP contribution in [0.4, 0.5) is 0 Å². The number of hydrogen-bond acceptors (Lipinski definition) is 6. The van der Waals surface area contributed by atoms with Crippen LogP contribution < -0.4 is 10.0 Å². The highest BCUT2D eigenvalue weighted by molar-refractivity contribution is 7.90. The summed E-state index contributed by atoms with van der Waals surface area (Å²) in [6.45, 7) is 3.76. The van der Waals surface area contributed by atoms with Gasteiger partial charge in [-0.2, -0.15) is 0 Å². The molecule has 0 bridgehead atoms. The Labute approximate surface area is 158 Å². The lowest BCUT2D eigenvalue weighted by atomic mass is 10.0. The van der Waals surface area contributed by atoms with Crippen molar-refractivity contribution in [2.45, 2.75) is 37.6 Å². The van der Waals surface area contributed by atoms with Crippen LogP contribution >= 0.6 is 0 Å². The van der Waals surface area contributed by atoms with Crippen LogP contribution in [0.5, 0.6) is 0 Å². The number of fused-ring (bicyclic) bond motifs is 1. The van der Waals surface area contributed by atoms with Crippen molar-refractivity contribution in [3.63, 3.8) is 0 Å². The summed E-state index contributed by atoms with van der Waals surface area (Å²) < 4.78 is 31.8. The van der Waals surface area contributed by atoms with Gasteiger partial charge in [0.15, 0.2) is 0 Å². The van der Waals surface area contributed by atoms with Crippen molar-refractivity contribution in [2.24, 2.45) is 16.8 Å². The van der Waals surface area contributed by atoms with Crippen LogP contribution in [0.25, 0.3) is 0 Å². The molecule has 1 fully saturated rings. The maximum atomic E-state index is 12.5. The van der Waals surface area contributed by atoms with E-state index in [1.54, 1.807) is 32.0 Å². The van der Waals surface area contributed by atoms with Crippen LogP contribution in [-0.2, 0) is 24.3 Å². The number of benzene rings is 1. The van der Waals surface area contributed by atoms with Crippen molar-refractivity contribution in [1.29, 1.82) is 0 Å². The summed E-state index contributed by atoms with van der Waals surface area (Å²) in [7, 11) is -3.67. The number of nitrogens with one attached hydrogen (secondary N) is 2. The lowest BCUT2D eigenvalue weighted by molar-refractivity contribution is -0.144. The molecule has 3 rings (SSSR count). The normalized spacial score (nSPS) is 20.0. The number of hydrogen-bond donors (Lipinski definition) is 2. The van der Waals surface area contributed by atoms with E-state index in [2.05, 4.69) is 15.0 Å². The van der Waals surface area contributed by atoms with Gasteiger partial charge in [-0.05, 0) is 36.8 Å². The van der Waals surface area contributed by atoms with Gasteiger partial charge in [0.25, 0.3) is 10.0 Å². The Morgan fingerprint density at radius 2 is 2.00 bits per heavy atom. The zero-order valence-electron chi connectivity index (χ0n) is 15.3. The molecule has 0 unspecified atom stereocenters. The van der Waals surface area contributed by atoms with Crippen molar-refractivity contribution in [1.82, 2.24) is 10.0 Å². The first-order valence-electron chi connectivity index (χ1n) is 8.91. The van der Waals surface area contributed by atoms with Gasteiger partial charge in [-0.3, -0.25) is 19.3 Å². The molecule has 1 aromatic carbocycles. The standard InChI is InChI=1S/C18H23N3O5S/c1-11(2)16(18(23)19-9-15(22)26-10-12-7-8-12)20-17-13-5-3-4-6-14(13)27(24,25)21-17/h3-6,11-12,16H,7-10H2,1-2H3,(H,19,23)(H,20,21)/t16-/m0/s1. The number of amidine groups is 1. The highest BCUT2D eigenvalue weighted by atomic mass is 32.2. The molecule has 1 amide bonds. The first-order chi connectivity index (χ1) is 12.8. The summed E-state index contributed by atoms with van der Waals surface area (Å²) in [5.41, 5.74) is 0.430. The molecule has 1 atom stereocenters. The molecule has 0 spiro atoms. The van der Waals surface area contributed by atoms with Crippen LogP contribution in [-0.4, -0.2) is 45.3 Å². The Morgan fingerprint density at radius 3 is 2.67 bits per heavy atom. The molecule has 1 saturated carbocycles. The van der Waals surface area contributed by atoms with Gasteiger partial charge < -0.3 is 10.1 Å². The number of esters is 1. The second-order valence-corrected chi connectivity index (χ2v) is 8.76. The molecule has 9 heteroatoms. The van der Waals surface area contributed by atoms with Gasteiger partial charge in [0, 0.05) is 5.56 Å². The maximum absolute atomic E-state index is 12.5. The van der Waals surface area contributed by atoms with Crippen LogP contribution in [0.2, 0.25) is 0 Å². The van der Waals surface area contributed by atoms with E-state index in [-0.39, 0.29) is 23.2 Å². The minimum absolute atomic E-state index is 0.135. The average molecular weight is 393 g/mol. The number of amides is 1. The number of carbonyl (C=O) groups excluding carboxylic acids is 2. The Kier molecular flexibility index (Phi) is 5.50. The molecule has 8 nitrogen and oxygen atoms in total. The molecule has 2 aliphatic rings. The van der Waals surface area contributed by atoms with Crippen molar-refractivity contribution < 1.29 is 22.7 Å². The molecule has 0 saturated heterocycles. The average Bonchev–Trinajstić information content (AvgIpc) is 3.41. The number of carbonyl (C=O) groups is 2. The lowest BCUT2D eigenvalue weighted by Crippen LogP contribution is -2.41. The first kappa shape index (κ1) is 19.3. The monoisotopic (exact) mass is 393 g/mol. The summed E-state index contributed by atoms with van der Waals surface area (Å²) in [4.78, 5) is 28.7. The van der Waals surface area contributed by atoms with Gasteiger partial charge in [-0.15, -0.1) is 0 Å². The highest BCUT2D eigenvalue weighted by Gasteiger charge is 2.32. The second-order valence-electron chi connectivity index (χ2n) is 7.11. The molecule has 1 aromatic rings. The largest absolute Gasteiger partial charge is 0.464 e. The van der Waals surface area contributed by atoms with Crippen molar-refractivity contribution in [3.05, 3.63) is 29.8 Å². The number of sulfonamides is 1. The molecule has 2 N–H and O–H groups in total. The zero-order valence-corrected chi connectivity index (χ0v) is 16.1. The molecule has 1 aliphatic heterocycles. The molecule has 146 valence electrons. The zero-order chi connectivity index (χ0) is 19.6. The Hall–Kier alpha value is -2.42. The van der Waals surface area contributed by atoms with Crippen molar-refractivity contribution >= 4 is 27.7 Å². The van der Waals surface area contributed by atoms with Crippen LogP contribution in [0, 0.1) is 11.8 Å². The van der Waals surface area contributed by atoms with Crippen LogP contribution in [0.1, 0.15) is 32.3 Å². The van der Waals surface area contributed by atoms with Gasteiger partial charge in [-0.1, -0.05) is 26.0 Å². The Balaban J connectivity index is 1.69. The van der Waals surface area contributed by atoms with Crippen molar-refractivity contribution in [2.75, 3.05) is 13.2 Å². The van der Waals surface area contributed by atoms with Gasteiger partial charge in [0.05, 0.1) is 11.5 Å². The van der Waals surface area contributed by atoms with Gasteiger partial charge >= 0.3 is 5.97 Å². The quantitative estimate of drug-likeness (QED) is 0.666. The van der Waals surface area contributed by atoms with E-state index in [0.29, 0.717) is 18.1 Å². The van der Waals surface area contributed by atoms with E-state index in [1.807, 2.05) is 0 Å². The Bertz CT molecular complexity index is 875. The lowest BCUT2D eigenvalue weighted by Gasteiger charge is -2.17. The fourth-order valence-electron chi connectivity index (χ4n) is 2.69. The molecular weight excluding hydrogens is 370 g/mol. The molecule has 1 heterocycles. The highest BCUT2D eigenvalue weighted by Crippen LogP contribution is 2.28. The fourth-order valence-corrected chi connectivity index (χ4v) is 3.93. The number of ether oxygens (including phenoxy) is 1. The van der Waals surface area contributed by atoms with E-state index in [0.717, 1.165) is 12.8 Å². The van der Waals surface area contributed by atoms with Gasteiger partial charge in [0.2, 0.25) is 5.91 Å². The third-order valence-electron chi connectivity index (χ3n) is 4.41. The van der Waals surface area contributed by atoms with E-state index < -0.39 is 27.9 Å². The number of rotatable bonds is 7. The van der Waals surface area contributed by atoms with Gasteiger partial charge in [0.1, 0.15) is 18.4 Å². The summed E-state index contributed by atoms with van der Waals surface area (Å²) in [5.74, 6) is -0.551. The summed E-state index contributed by atoms with van der Waals surface area (Å²) >= 11 is 0. The van der Waals surface area contributed by atoms with Crippen LogP contribution in [0.15, 0.2) is 34.2 Å². The Morgan fingerprint density at radius 1 is 1.30 bits per heavy atom. The van der Waals surface area contributed by atoms with E-state index in [4.69, 9.17) is 4.74 Å². The molecule has 27 heavy (non-hydrogen) atoms. The topological polar surface area (TPSA) is 114 Å². The molecule has 0 radical (unpaired) electrons. The van der Waals surface area contributed by atoms with E-state index >= 15 is 0 Å². The maximum Gasteiger partial charge on any atom is 0.325 e.